The third-order valence-electron chi connectivity index (χ3n) is 7.71. The van der Waals surface area contributed by atoms with Crippen molar-refractivity contribution in [2.24, 2.45) is 0 Å². The van der Waals surface area contributed by atoms with Crippen LogP contribution in [0.2, 0.25) is 10.0 Å². The van der Waals surface area contributed by atoms with Gasteiger partial charge in [-0.25, -0.2) is 0 Å². The fourth-order valence-corrected chi connectivity index (χ4v) is 5.72. The molecule has 13 heteroatoms. The summed E-state index contributed by atoms with van der Waals surface area (Å²) < 4.78 is 46.1. The van der Waals surface area contributed by atoms with Crippen molar-refractivity contribution < 1.29 is 27.5 Å². The van der Waals surface area contributed by atoms with Crippen LogP contribution in [0, 0.1) is 0 Å². The van der Waals surface area contributed by atoms with E-state index in [4.69, 9.17) is 27.9 Å². The van der Waals surface area contributed by atoms with Gasteiger partial charge in [0.1, 0.15) is 6.04 Å². The number of carbonyl (C=O) groups excluding carboxylic acids is 2. The molecule has 4 rings (SSSR count). The van der Waals surface area contributed by atoms with E-state index < -0.39 is 17.8 Å². The van der Waals surface area contributed by atoms with Gasteiger partial charge in [0.2, 0.25) is 11.8 Å². The average Bonchev–Trinajstić information content (AvgIpc) is 2.96. The van der Waals surface area contributed by atoms with Gasteiger partial charge in [-0.2, -0.15) is 13.2 Å². The molecule has 0 spiro atoms. The second-order valence-corrected chi connectivity index (χ2v) is 11.4. The molecule has 2 aromatic carbocycles. The summed E-state index contributed by atoms with van der Waals surface area (Å²) in [6.07, 6.45) is -4.30. The van der Waals surface area contributed by atoms with E-state index in [1.807, 2.05) is 11.8 Å². The van der Waals surface area contributed by atoms with E-state index in [1.54, 1.807) is 35.1 Å². The third kappa shape index (κ3) is 8.08. The molecule has 0 bridgehead atoms. The monoisotopic (exact) mass is 629 g/mol. The first kappa shape index (κ1) is 32.3. The second-order valence-electron chi connectivity index (χ2n) is 10.6. The van der Waals surface area contributed by atoms with Gasteiger partial charge in [0, 0.05) is 81.6 Å². The lowest BCUT2D eigenvalue weighted by Crippen LogP contribution is -2.60. The number of nitrogens with zero attached hydrogens (tertiary/aromatic N) is 3. The van der Waals surface area contributed by atoms with E-state index in [2.05, 4.69) is 10.6 Å². The zero-order chi connectivity index (χ0) is 30.4. The molecule has 42 heavy (non-hydrogen) atoms. The molecule has 2 aliphatic rings. The number of piperazine rings is 2. The van der Waals surface area contributed by atoms with E-state index >= 15 is 0 Å². The highest BCUT2D eigenvalue weighted by molar-refractivity contribution is 6.35. The fraction of sp³-hybridized carbons (Fsp3) is 0.517. The molecular formula is C29H36Cl2F3N5O3. The Hall–Kier alpha value is -2.57. The zero-order valence-electron chi connectivity index (χ0n) is 23.6. The van der Waals surface area contributed by atoms with E-state index in [0.29, 0.717) is 73.7 Å². The number of nitrogens with one attached hydrogen (secondary N) is 2. The smallest absolute Gasteiger partial charge is 0.380 e. The van der Waals surface area contributed by atoms with Crippen LogP contribution >= 0.6 is 23.2 Å². The normalized spacial score (nSPS) is 17.9. The number of carbonyl (C=O) groups is 2. The average molecular weight is 631 g/mol. The molecule has 8 nitrogen and oxygen atoms in total. The Balaban J connectivity index is 1.51. The van der Waals surface area contributed by atoms with Crippen LogP contribution in [-0.4, -0.2) is 93.2 Å². The number of benzene rings is 2. The zero-order valence-corrected chi connectivity index (χ0v) is 25.2. The number of amides is 2. The van der Waals surface area contributed by atoms with Crippen molar-refractivity contribution in [1.29, 1.82) is 0 Å². The van der Waals surface area contributed by atoms with Crippen LogP contribution < -0.4 is 15.5 Å². The van der Waals surface area contributed by atoms with Crippen molar-refractivity contribution in [3.05, 3.63) is 63.1 Å². The molecule has 0 radical (unpaired) electrons. The van der Waals surface area contributed by atoms with E-state index in [0.717, 1.165) is 11.6 Å². The maximum atomic E-state index is 13.9. The van der Waals surface area contributed by atoms with Crippen LogP contribution in [0.4, 0.5) is 18.9 Å². The van der Waals surface area contributed by atoms with Crippen LogP contribution in [0.5, 0.6) is 0 Å². The third-order valence-corrected chi connectivity index (χ3v) is 8.30. The Morgan fingerprint density at radius 2 is 1.79 bits per heavy atom. The van der Waals surface area contributed by atoms with Crippen molar-refractivity contribution in [1.82, 2.24) is 20.4 Å². The predicted octanol–water partition coefficient (Wildman–Crippen LogP) is 3.83. The Morgan fingerprint density at radius 3 is 2.43 bits per heavy atom. The van der Waals surface area contributed by atoms with Crippen LogP contribution in [0.25, 0.3) is 0 Å². The van der Waals surface area contributed by atoms with E-state index in [-0.39, 0.29) is 30.9 Å². The van der Waals surface area contributed by atoms with Crippen LogP contribution in [0.15, 0.2) is 36.4 Å². The minimum absolute atomic E-state index is 0.0456. The highest BCUT2D eigenvalue weighted by atomic mass is 35.5. The number of alkyl halides is 3. The lowest BCUT2D eigenvalue weighted by molar-refractivity contribution is -0.146. The number of hydrogen-bond acceptors (Lipinski definition) is 6. The van der Waals surface area contributed by atoms with Crippen molar-refractivity contribution in [3.63, 3.8) is 0 Å². The van der Waals surface area contributed by atoms with Gasteiger partial charge >= 0.3 is 6.18 Å². The summed E-state index contributed by atoms with van der Waals surface area (Å²) in [7, 11) is 1.60. The van der Waals surface area contributed by atoms with Gasteiger partial charge in [-0.15, -0.1) is 0 Å². The van der Waals surface area contributed by atoms with Gasteiger partial charge in [0.25, 0.3) is 0 Å². The lowest BCUT2D eigenvalue weighted by atomic mass is 10.0. The molecule has 2 N–H and O–H groups in total. The summed E-state index contributed by atoms with van der Waals surface area (Å²) in [6.45, 7) is 5.19. The molecule has 2 atom stereocenters. The molecule has 2 fully saturated rings. The van der Waals surface area contributed by atoms with Crippen molar-refractivity contribution in [2.45, 2.75) is 38.2 Å². The fourth-order valence-electron chi connectivity index (χ4n) is 5.23. The first-order valence-electron chi connectivity index (χ1n) is 13.9. The molecule has 0 aliphatic carbocycles. The van der Waals surface area contributed by atoms with Crippen LogP contribution in [0.1, 0.15) is 23.6 Å². The molecule has 2 saturated heterocycles. The summed E-state index contributed by atoms with van der Waals surface area (Å²) in [5, 5.41) is 7.16. The minimum Gasteiger partial charge on any atom is -0.380 e. The molecule has 230 valence electrons. The highest BCUT2D eigenvalue weighted by Gasteiger charge is 2.37. The number of halogens is 5. The van der Waals surface area contributed by atoms with Crippen LogP contribution in [0.3, 0.4) is 0 Å². The second kappa shape index (κ2) is 14.3. The Kier molecular flexibility index (Phi) is 11.0. The van der Waals surface area contributed by atoms with Gasteiger partial charge in [0.15, 0.2) is 0 Å². The summed E-state index contributed by atoms with van der Waals surface area (Å²) in [4.78, 5) is 31.9. The first-order chi connectivity index (χ1) is 20.0. The van der Waals surface area contributed by atoms with Gasteiger partial charge in [-0.3, -0.25) is 9.59 Å². The van der Waals surface area contributed by atoms with Gasteiger partial charge in [-0.05, 0) is 42.3 Å². The van der Waals surface area contributed by atoms with E-state index in [1.165, 1.54) is 12.1 Å². The molecule has 0 aromatic heterocycles. The highest BCUT2D eigenvalue weighted by Crippen LogP contribution is 2.34. The molecular weight excluding hydrogens is 594 g/mol. The number of ether oxygens (including phenoxy) is 1. The van der Waals surface area contributed by atoms with Crippen LogP contribution in [-0.2, 0) is 33.5 Å². The topological polar surface area (TPSA) is 77.2 Å². The Bertz CT molecular complexity index is 1260. The van der Waals surface area contributed by atoms with Crippen molar-refractivity contribution in [3.8, 4) is 0 Å². The van der Waals surface area contributed by atoms with Gasteiger partial charge in [0.05, 0.1) is 18.2 Å². The SMILES string of the molecule is COC(C)CNCc1ccc(C(F)(F)F)cc1N1CCN(C(=O)C(Cc2ccc(Cl)cc2Cl)N2CCNCC2=O)CC1. The molecule has 2 aromatic rings. The first-order valence-corrected chi connectivity index (χ1v) is 14.6. The maximum absolute atomic E-state index is 13.9. The molecule has 2 amide bonds. The van der Waals surface area contributed by atoms with E-state index in [9.17, 15) is 22.8 Å². The number of hydrogen-bond donors (Lipinski definition) is 2. The summed E-state index contributed by atoms with van der Waals surface area (Å²) in [6, 6.07) is 8.07. The Morgan fingerprint density at radius 1 is 1.07 bits per heavy atom. The number of anilines is 1. The summed E-state index contributed by atoms with van der Waals surface area (Å²) in [5.74, 6) is -0.386. The summed E-state index contributed by atoms with van der Waals surface area (Å²) >= 11 is 12.5. The van der Waals surface area contributed by atoms with Crippen molar-refractivity contribution >= 4 is 40.7 Å². The number of methoxy groups -OCH3 is 1. The minimum atomic E-state index is -4.48. The Labute approximate surface area is 254 Å². The van der Waals surface area contributed by atoms with Gasteiger partial charge in [-0.1, -0.05) is 35.3 Å². The standard InChI is InChI=1S/C29H36Cl2F3N5O3/c1-19(42-2)16-36-17-21-3-5-22(29(32,33)34)14-25(21)37-9-11-38(12-10-37)28(41)26(39-8-7-35-18-27(39)40)13-20-4-6-23(30)15-24(20)31/h3-6,14-15,19,26,35-36H,7-13,16-18H2,1-2H3. The quantitative estimate of drug-likeness (QED) is 0.416. The lowest BCUT2D eigenvalue weighted by Gasteiger charge is -2.41. The molecule has 2 aliphatic heterocycles. The molecule has 2 unspecified atom stereocenters. The number of rotatable bonds is 10. The molecule has 0 saturated carbocycles. The summed E-state index contributed by atoms with van der Waals surface area (Å²) in [5.41, 5.74) is 1.19. The largest absolute Gasteiger partial charge is 0.416 e. The predicted molar refractivity (Wildman–Crippen MR) is 157 cm³/mol. The van der Waals surface area contributed by atoms with Gasteiger partial charge < -0.3 is 30.1 Å². The maximum Gasteiger partial charge on any atom is 0.416 e. The molecule has 2 heterocycles. The van der Waals surface area contributed by atoms with Crippen molar-refractivity contribution in [2.75, 3.05) is 64.4 Å².